The van der Waals surface area contributed by atoms with Crippen LogP contribution < -0.4 is 19.5 Å². The van der Waals surface area contributed by atoms with Crippen LogP contribution in [0.1, 0.15) is 117 Å². The summed E-state index contributed by atoms with van der Waals surface area (Å²) in [5.74, 6) is 3.99. The van der Waals surface area contributed by atoms with E-state index in [9.17, 15) is 0 Å². The highest BCUT2D eigenvalue weighted by Gasteiger charge is 2.17. The molecule has 2 heterocycles. The zero-order chi connectivity index (χ0) is 35.7. The molecule has 0 fully saturated rings. The van der Waals surface area contributed by atoms with E-state index in [-0.39, 0.29) is 13.5 Å². The van der Waals surface area contributed by atoms with Gasteiger partial charge in [0.15, 0.2) is 0 Å². The van der Waals surface area contributed by atoms with Crippen molar-refractivity contribution in [1.82, 2.24) is 9.97 Å². The quantitative estimate of drug-likeness (QED) is 0.162. The van der Waals surface area contributed by atoms with E-state index >= 15 is 0 Å². The predicted octanol–water partition coefficient (Wildman–Crippen LogP) is 12.6. The Hall–Kier alpha value is -4.06. The highest BCUT2D eigenvalue weighted by atomic mass is 16.5. The second kappa shape index (κ2) is 18.6. The summed E-state index contributed by atoms with van der Waals surface area (Å²) in [4.78, 5) is 9.22. The zero-order valence-electron chi connectivity index (χ0n) is 32.1. The molecule has 0 aliphatic carbocycles. The second-order valence-corrected chi connectivity index (χ2v) is 13.3. The van der Waals surface area contributed by atoms with Gasteiger partial charge in [-0.2, -0.15) is 0 Å². The van der Waals surface area contributed by atoms with Crippen molar-refractivity contribution in [2.45, 2.75) is 142 Å². The molecular weight excluding hydrogens is 606 g/mol. The molecule has 0 amide bonds. The molecule has 4 rings (SSSR count). The number of hydrogen-bond donors (Lipinski definition) is 1. The maximum absolute atomic E-state index is 6.24. The number of pyridine rings is 2. The largest absolute Gasteiger partial charge is 0.490 e. The van der Waals surface area contributed by atoms with E-state index in [4.69, 9.17) is 14.2 Å². The highest BCUT2D eigenvalue weighted by molar-refractivity contribution is 5.57. The van der Waals surface area contributed by atoms with Crippen molar-refractivity contribution in [3.05, 3.63) is 92.3 Å². The SMILES string of the molecule is C.CCC(CC)Nc1cc(C)nc(Oc2c(C)cc(C)cc2C)c1C.CCC(CC)Oc1cc(C)nc(Oc2c(C)cc(C)cc2C)c1C. The van der Waals surface area contributed by atoms with Gasteiger partial charge in [0.2, 0.25) is 11.8 Å². The van der Waals surface area contributed by atoms with E-state index in [1.54, 1.807) is 0 Å². The van der Waals surface area contributed by atoms with E-state index in [1.165, 1.54) is 11.1 Å². The Kier molecular flexibility index (Phi) is 15.6. The first-order chi connectivity index (χ1) is 22.7. The molecule has 4 aromatic rings. The smallest absolute Gasteiger partial charge is 0.226 e. The summed E-state index contributed by atoms with van der Waals surface area (Å²) in [6, 6.07) is 13.1. The van der Waals surface area contributed by atoms with Crippen LogP contribution in [0.3, 0.4) is 0 Å². The van der Waals surface area contributed by atoms with E-state index in [2.05, 4.69) is 122 Å². The number of aryl methyl sites for hydroxylation is 8. The number of anilines is 1. The first kappa shape index (κ1) is 41.1. The summed E-state index contributed by atoms with van der Waals surface area (Å²) in [5.41, 5.74) is 12.0. The van der Waals surface area contributed by atoms with Crippen LogP contribution in [0, 0.1) is 69.2 Å². The van der Waals surface area contributed by atoms with Gasteiger partial charge in [-0.15, -0.1) is 0 Å². The van der Waals surface area contributed by atoms with E-state index in [0.717, 1.165) is 93.4 Å². The molecule has 6 nitrogen and oxygen atoms in total. The van der Waals surface area contributed by atoms with Gasteiger partial charge in [-0.3, -0.25) is 0 Å². The third kappa shape index (κ3) is 11.0. The first-order valence-electron chi connectivity index (χ1n) is 17.6. The van der Waals surface area contributed by atoms with Crippen molar-refractivity contribution in [1.29, 1.82) is 0 Å². The molecule has 2 aromatic carbocycles. The maximum atomic E-state index is 6.24. The van der Waals surface area contributed by atoms with Crippen LogP contribution in [0.5, 0.6) is 29.0 Å². The normalized spacial score (nSPS) is 10.8. The Morgan fingerprint density at radius 1 is 0.551 bits per heavy atom. The molecule has 6 heteroatoms. The average Bonchev–Trinajstić information content (AvgIpc) is 3.02. The topological polar surface area (TPSA) is 65.5 Å². The minimum absolute atomic E-state index is 0. The molecular formula is C43H63N3O3. The fourth-order valence-corrected chi connectivity index (χ4v) is 6.06. The Labute approximate surface area is 298 Å². The van der Waals surface area contributed by atoms with E-state index in [0.29, 0.717) is 17.8 Å². The lowest BCUT2D eigenvalue weighted by Gasteiger charge is -2.20. The number of hydrogen-bond acceptors (Lipinski definition) is 6. The average molecular weight is 670 g/mol. The zero-order valence-corrected chi connectivity index (χ0v) is 32.1. The van der Waals surface area contributed by atoms with Gasteiger partial charge < -0.3 is 19.5 Å². The van der Waals surface area contributed by atoms with Gasteiger partial charge in [-0.1, -0.05) is 70.5 Å². The molecule has 2 aromatic heterocycles. The number of nitrogens with zero attached hydrogens (tertiary/aromatic N) is 2. The summed E-state index contributed by atoms with van der Waals surface area (Å²) in [6.07, 6.45) is 4.40. The molecule has 0 radical (unpaired) electrons. The summed E-state index contributed by atoms with van der Waals surface area (Å²) in [5, 5.41) is 3.63. The van der Waals surface area contributed by atoms with Crippen molar-refractivity contribution < 1.29 is 14.2 Å². The van der Waals surface area contributed by atoms with Crippen molar-refractivity contribution >= 4 is 5.69 Å². The molecule has 268 valence electrons. The minimum Gasteiger partial charge on any atom is -0.490 e. The maximum Gasteiger partial charge on any atom is 0.226 e. The molecule has 0 bridgehead atoms. The molecule has 0 saturated carbocycles. The van der Waals surface area contributed by atoms with Crippen LogP contribution in [0.4, 0.5) is 5.69 Å². The predicted molar refractivity (Wildman–Crippen MR) is 209 cm³/mol. The van der Waals surface area contributed by atoms with Crippen LogP contribution in [0.25, 0.3) is 0 Å². The number of aromatic nitrogens is 2. The van der Waals surface area contributed by atoms with Crippen LogP contribution in [0.2, 0.25) is 0 Å². The summed E-state index contributed by atoms with van der Waals surface area (Å²) in [7, 11) is 0. The fourth-order valence-electron chi connectivity index (χ4n) is 6.06. The molecule has 0 unspecified atom stereocenters. The number of nitrogens with one attached hydrogen (secondary N) is 1. The number of ether oxygens (including phenoxy) is 3. The van der Waals surface area contributed by atoms with Gasteiger partial charge in [0, 0.05) is 34.7 Å². The molecule has 0 spiro atoms. The summed E-state index contributed by atoms with van der Waals surface area (Å²) >= 11 is 0. The standard InChI is InChI=1S/C21H30N2O.C21H29NO2.CH4/c2*1-8-18(9-2)23-19-12-16(6)22-21(17(19)7)24-20-14(4)10-13(3)11-15(20)5;/h10-12,18H,8-9H2,1-7H3,(H,22,23);10-12,18H,8-9H2,1-7H3;1H4. The van der Waals surface area contributed by atoms with E-state index < -0.39 is 0 Å². The van der Waals surface area contributed by atoms with Crippen molar-refractivity contribution in [2.24, 2.45) is 0 Å². The van der Waals surface area contributed by atoms with E-state index in [1.807, 2.05) is 26.8 Å². The Morgan fingerprint density at radius 3 is 1.37 bits per heavy atom. The van der Waals surface area contributed by atoms with Gasteiger partial charge >= 0.3 is 0 Å². The molecule has 0 aliphatic rings. The highest BCUT2D eigenvalue weighted by Crippen LogP contribution is 2.36. The second-order valence-electron chi connectivity index (χ2n) is 13.3. The lowest BCUT2D eigenvalue weighted by molar-refractivity contribution is 0.190. The fraction of sp³-hybridized carbons (Fsp3) is 0.488. The molecule has 0 aliphatic heterocycles. The van der Waals surface area contributed by atoms with Gasteiger partial charge in [-0.05, 0) is 123 Å². The number of rotatable bonds is 12. The van der Waals surface area contributed by atoms with Crippen molar-refractivity contribution in [3.8, 4) is 29.0 Å². The van der Waals surface area contributed by atoms with Crippen molar-refractivity contribution in [3.63, 3.8) is 0 Å². The van der Waals surface area contributed by atoms with Crippen molar-refractivity contribution in [2.75, 3.05) is 5.32 Å². The van der Waals surface area contributed by atoms with Crippen LogP contribution >= 0.6 is 0 Å². The molecule has 49 heavy (non-hydrogen) atoms. The lowest BCUT2D eigenvalue weighted by Crippen LogP contribution is -2.18. The monoisotopic (exact) mass is 669 g/mol. The summed E-state index contributed by atoms with van der Waals surface area (Å²) < 4.78 is 18.6. The van der Waals surface area contributed by atoms with Crippen LogP contribution in [-0.4, -0.2) is 22.1 Å². The third-order valence-corrected chi connectivity index (χ3v) is 8.82. The molecule has 0 atom stereocenters. The van der Waals surface area contributed by atoms with Crippen LogP contribution in [-0.2, 0) is 0 Å². The van der Waals surface area contributed by atoms with Gasteiger partial charge in [0.1, 0.15) is 17.2 Å². The Morgan fingerprint density at radius 2 is 0.959 bits per heavy atom. The molecule has 0 saturated heterocycles. The van der Waals surface area contributed by atoms with Gasteiger partial charge in [-0.25, -0.2) is 9.97 Å². The Bertz CT molecular complexity index is 1520. The summed E-state index contributed by atoms with van der Waals surface area (Å²) in [6.45, 7) is 29.3. The first-order valence-corrected chi connectivity index (χ1v) is 17.6. The Balaban J connectivity index is 0.000000333. The van der Waals surface area contributed by atoms with Gasteiger partial charge in [0.05, 0.1) is 11.7 Å². The van der Waals surface area contributed by atoms with Gasteiger partial charge in [0.25, 0.3) is 0 Å². The lowest BCUT2D eigenvalue weighted by atomic mass is 10.1. The molecule has 1 N–H and O–H groups in total. The minimum atomic E-state index is 0. The van der Waals surface area contributed by atoms with Crippen LogP contribution in [0.15, 0.2) is 36.4 Å². The third-order valence-electron chi connectivity index (χ3n) is 8.82. The number of benzene rings is 2.